The van der Waals surface area contributed by atoms with Gasteiger partial charge in [0.1, 0.15) is 16.7 Å². The van der Waals surface area contributed by atoms with Crippen molar-refractivity contribution in [3.8, 4) is 11.5 Å². The Morgan fingerprint density at radius 2 is 2.00 bits per heavy atom. The summed E-state index contributed by atoms with van der Waals surface area (Å²) in [6.45, 7) is 0.0239. The molecule has 2 aromatic carbocycles. The van der Waals surface area contributed by atoms with Crippen molar-refractivity contribution in [2.75, 3.05) is 0 Å². The molecular formula is C16H12ClN3O5S. The van der Waals surface area contributed by atoms with Gasteiger partial charge in [-0.25, -0.2) is 0 Å². The number of aromatic hydroxyl groups is 1. The number of ether oxygens (including phenoxy) is 1. The van der Waals surface area contributed by atoms with Gasteiger partial charge in [0.05, 0.1) is 4.92 Å². The number of rotatable bonds is 6. The fraction of sp³-hybridized carbons (Fsp3) is 0.125. The summed E-state index contributed by atoms with van der Waals surface area (Å²) in [6, 6.07) is 10.4. The maximum atomic E-state index is 10.9. The van der Waals surface area contributed by atoms with Crippen LogP contribution in [0.4, 0.5) is 5.69 Å². The van der Waals surface area contributed by atoms with E-state index in [-0.39, 0.29) is 35.4 Å². The monoisotopic (exact) mass is 393 g/mol. The first-order valence-corrected chi connectivity index (χ1v) is 8.19. The van der Waals surface area contributed by atoms with E-state index in [0.717, 1.165) is 0 Å². The molecule has 0 saturated heterocycles. The van der Waals surface area contributed by atoms with Crippen LogP contribution in [0.25, 0.3) is 0 Å². The summed E-state index contributed by atoms with van der Waals surface area (Å²) < 4.78 is 11.0. The van der Waals surface area contributed by atoms with E-state index in [1.165, 1.54) is 18.2 Å². The van der Waals surface area contributed by atoms with Crippen molar-refractivity contribution in [2.45, 2.75) is 11.9 Å². The van der Waals surface area contributed by atoms with Gasteiger partial charge >= 0.3 is 0 Å². The molecule has 8 nitrogen and oxygen atoms in total. The van der Waals surface area contributed by atoms with Crippen LogP contribution >= 0.6 is 24.2 Å². The maximum absolute atomic E-state index is 10.9. The Kier molecular flexibility index (Phi) is 5.29. The van der Waals surface area contributed by atoms with E-state index in [2.05, 4.69) is 22.8 Å². The second-order valence-electron chi connectivity index (χ2n) is 5.18. The van der Waals surface area contributed by atoms with Gasteiger partial charge in [-0.3, -0.25) is 10.1 Å². The fourth-order valence-corrected chi connectivity index (χ4v) is 2.56. The van der Waals surface area contributed by atoms with Gasteiger partial charge in [0.15, 0.2) is 6.61 Å². The third-order valence-electron chi connectivity index (χ3n) is 3.41. The van der Waals surface area contributed by atoms with Crippen molar-refractivity contribution in [2.24, 2.45) is 0 Å². The lowest BCUT2D eigenvalue weighted by atomic mass is 10.1. The van der Waals surface area contributed by atoms with E-state index in [9.17, 15) is 15.2 Å². The molecule has 1 N–H and O–H groups in total. The molecule has 0 fully saturated rings. The van der Waals surface area contributed by atoms with Crippen molar-refractivity contribution in [3.05, 3.63) is 74.9 Å². The molecule has 1 atom stereocenters. The summed E-state index contributed by atoms with van der Waals surface area (Å²) in [5, 5.41) is 28.3. The first-order valence-electron chi connectivity index (χ1n) is 7.30. The molecule has 26 heavy (non-hydrogen) atoms. The van der Waals surface area contributed by atoms with Crippen molar-refractivity contribution >= 4 is 29.9 Å². The van der Waals surface area contributed by atoms with E-state index >= 15 is 0 Å². The molecule has 0 spiro atoms. The molecule has 10 heteroatoms. The zero-order valence-electron chi connectivity index (χ0n) is 13.1. The number of hydrogen-bond acceptors (Lipinski definition) is 8. The van der Waals surface area contributed by atoms with Gasteiger partial charge in [0.25, 0.3) is 11.6 Å². The van der Waals surface area contributed by atoms with Crippen LogP contribution in [0.5, 0.6) is 11.5 Å². The number of hydrogen-bond donors (Lipinski definition) is 2. The summed E-state index contributed by atoms with van der Waals surface area (Å²) in [6.07, 6.45) is 0. The molecule has 0 aliphatic heterocycles. The van der Waals surface area contributed by atoms with Gasteiger partial charge in [0, 0.05) is 22.7 Å². The number of thiol groups is 1. The van der Waals surface area contributed by atoms with Crippen LogP contribution in [0.3, 0.4) is 0 Å². The second-order valence-corrected chi connectivity index (χ2v) is 6.13. The SMILES string of the molecule is O=[N+]([O-])c1ccc(O)c(C(S)c2nnc(COc3ccc(Cl)cc3)o2)c1. The van der Waals surface area contributed by atoms with E-state index in [1.54, 1.807) is 24.3 Å². The molecule has 0 saturated carbocycles. The Morgan fingerprint density at radius 3 is 2.69 bits per heavy atom. The highest BCUT2D eigenvalue weighted by Crippen LogP contribution is 2.35. The van der Waals surface area contributed by atoms with Gasteiger partial charge in [-0.05, 0) is 30.3 Å². The highest BCUT2D eigenvalue weighted by atomic mass is 35.5. The molecule has 0 aliphatic carbocycles. The van der Waals surface area contributed by atoms with Crippen LogP contribution < -0.4 is 4.74 Å². The average Bonchev–Trinajstić information content (AvgIpc) is 3.10. The second kappa shape index (κ2) is 7.63. The number of non-ortho nitro benzene ring substituents is 1. The quantitative estimate of drug-likeness (QED) is 0.370. The smallest absolute Gasteiger partial charge is 0.270 e. The highest BCUT2D eigenvalue weighted by molar-refractivity contribution is 7.80. The fourth-order valence-electron chi connectivity index (χ4n) is 2.12. The normalized spacial score (nSPS) is 11.9. The molecule has 0 aliphatic rings. The predicted molar refractivity (Wildman–Crippen MR) is 95.7 cm³/mol. The molecule has 0 amide bonds. The number of nitrogens with zero attached hydrogens (tertiary/aromatic N) is 3. The Morgan fingerprint density at radius 1 is 1.27 bits per heavy atom. The molecule has 0 radical (unpaired) electrons. The van der Waals surface area contributed by atoms with Gasteiger partial charge in [0.2, 0.25) is 5.89 Å². The number of phenolic OH excluding ortho intramolecular Hbond substituents is 1. The van der Waals surface area contributed by atoms with Gasteiger partial charge in [-0.15, -0.1) is 10.2 Å². The van der Waals surface area contributed by atoms with Crippen LogP contribution in [0.15, 0.2) is 46.9 Å². The first-order chi connectivity index (χ1) is 12.4. The highest BCUT2D eigenvalue weighted by Gasteiger charge is 2.22. The molecular weight excluding hydrogens is 382 g/mol. The molecule has 3 aromatic rings. The lowest BCUT2D eigenvalue weighted by Crippen LogP contribution is -1.97. The Hall–Kier alpha value is -2.78. The zero-order valence-corrected chi connectivity index (χ0v) is 14.7. The number of phenols is 1. The average molecular weight is 394 g/mol. The van der Waals surface area contributed by atoms with Gasteiger partial charge in [-0.2, -0.15) is 12.6 Å². The van der Waals surface area contributed by atoms with E-state index in [0.29, 0.717) is 10.8 Å². The summed E-state index contributed by atoms with van der Waals surface area (Å²) >= 11 is 10.1. The summed E-state index contributed by atoms with van der Waals surface area (Å²) in [7, 11) is 0. The molecule has 134 valence electrons. The third kappa shape index (κ3) is 4.06. The lowest BCUT2D eigenvalue weighted by molar-refractivity contribution is -0.384. The number of nitro benzene ring substituents is 1. The summed E-state index contributed by atoms with van der Waals surface area (Å²) in [4.78, 5) is 10.3. The lowest BCUT2D eigenvalue weighted by Gasteiger charge is -2.08. The van der Waals surface area contributed by atoms with Crippen LogP contribution in [-0.2, 0) is 6.61 Å². The summed E-state index contributed by atoms with van der Waals surface area (Å²) in [5.74, 6) is 0.693. The minimum Gasteiger partial charge on any atom is -0.508 e. The number of nitro groups is 1. The minimum atomic E-state index is -0.827. The molecule has 0 bridgehead atoms. The van der Waals surface area contributed by atoms with Crippen molar-refractivity contribution in [1.82, 2.24) is 10.2 Å². The van der Waals surface area contributed by atoms with Gasteiger partial charge in [-0.1, -0.05) is 11.6 Å². The number of aromatic nitrogens is 2. The third-order valence-corrected chi connectivity index (χ3v) is 4.16. The Labute approximate surface area is 157 Å². The topological polar surface area (TPSA) is 112 Å². The zero-order chi connectivity index (χ0) is 18.7. The van der Waals surface area contributed by atoms with E-state index < -0.39 is 10.2 Å². The van der Waals surface area contributed by atoms with Crippen LogP contribution in [0, 0.1) is 10.1 Å². The number of halogens is 1. The summed E-state index contributed by atoms with van der Waals surface area (Å²) in [5.41, 5.74) is 0.0130. The standard InChI is InChI=1S/C16H12ClN3O5S/c17-9-1-4-11(5-2-9)24-8-14-18-19-16(25-14)15(26)12-7-10(20(22)23)3-6-13(12)21/h1-7,15,21,26H,8H2. The molecule has 1 unspecified atom stereocenters. The molecule has 1 heterocycles. The van der Waals surface area contributed by atoms with Crippen LogP contribution in [-0.4, -0.2) is 20.2 Å². The molecule has 1 aromatic heterocycles. The minimum absolute atomic E-state index is 0.0239. The Bertz CT molecular complexity index is 932. The van der Waals surface area contributed by atoms with Crippen molar-refractivity contribution in [3.63, 3.8) is 0 Å². The Balaban J connectivity index is 1.73. The van der Waals surface area contributed by atoms with Crippen LogP contribution in [0.1, 0.15) is 22.6 Å². The van der Waals surface area contributed by atoms with Crippen molar-refractivity contribution < 1.29 is 19.2 Å². The molecule has 3 rings (SSSR count). The predicted octanol–water partition coefficient (Wildman–Crippen LogP) is 3.94. The van der Waals surface area contributed by atoms with Crippen molar-refractivity contribution in [1.29, 1.82) is 0 Å². The first kappa shape index (κ1) is 18.0. The maximum Gasteiger partial charge on any atom is 0.270 e. The van der Waals surface area contributed by atoms with Gasteiger partial charge < -0.3 is 14.3 Å². The van der Waals surface area contributed by atoms with Crippen LogP contribution in [0.2, 0.25) is 5.02 Å². The van der Waals surface area contributed by atoms with E-state index in [4.69, 9.17) is 20.8 Å². The van der Waals surface area contributed by atoms with E-state index in [1.807, 2.05) is 0 Å². The largest absolute Gasteiger partial charge is 0.508 e. The number of benzene rings is 2.